The van der Waals surface area contributed by atoms with Gasteiger partial charge in [0.15, 0.2) is 0 Å². The molecule has 1 heterocycles. The Morgan fingerprint density at radius 3 is 2.46 bits per heavy atom. The van der Waals surface area contributed by atoms with Gasteiger partial charge in [-0.25, -0.2) is 4.79 Å². The number of carbonyl (C=O) groups excluding carboxylic acids is 2. The van der Waals surface area contributed by atoms with Gasteiger partial charge in [-0.2, -0.15) is 0 Å². The van der Waals surface area contributed by atoms with Crippen molar-refractivity contribution in [1.29, 1.82) is 0 Å². The quantitative estimate of drug-likeness (QED) is 0.788. The second kappa shape index (κ2) is 6.48. The second-order valence-electron chi connectivity index (χ2n) is 7.06. The molecule has 0 radical (unpaired) electrons. The molecule has 4 atom stereocenters. The predicted octanol–water partition coefficient (Wildman–Crippen LogP) is 2.10. The van der Waals surface area contributed by atoms with Crippen molar-refractivity contribution in [2.75, 3.05) is 18.5 Å². The zero-order valence-corrected chi connectivity index (χ0v) is 14.1. The van der Waals surface area contributed by atoms with Gasteiger partial charge in [-0.05, 0) is 36.0 Å². The Bertz CT molecular complexity index is 773. The van der Waals surface area contributed by atoms with Gasteiger partial charge in [-0.3, -0.25) is 9.59 Å². The van der Waals surface area contributed by atoms with Crippen molar-refractivity contribution in [1.82, 2.24) is 4.90 Å². The third-order valence-corrected chi connectivity index (χ3v) is 5.49. The lowest BCUT2D eigenvalue weighted by molar-refractivity contribution is -0.146. The van der Waals surface area contributed by atoms with E-state index >= 15 is 0 Å². The highest BCUT2D eigenvalue weighted by Gasteiger charge is 2.51. The van der Waals surface area contributed by atoms with Gasteiger partial charge in [0.2, 0.25) is 5.91 Å². The molecule has 0 aromatic heterocycles. The Morgan fingerprint density at radius 2 is 1.85 bits per heavy atom. The first-order chi connectivity index (χ1) is 12.5. The molecule has 1 saturated carbocycles. The minimum Gasteiger partial charge on any atom is -0.481 e. The Kier molecular flexibility index (Phi) is 4.14. The molecule has 4 unspecified atom stereocenters. The summed E-state index contributed by atoms with van der Waals surface area (Å²) in [4.78, 5) is 37.3. The molecule has 1 saturated heterocycles. The summed E-state index contributed by atoms with van der Waals surface area (Å²) in [6, 6.07) is 7.23. The summed E-state index contributed by atoms with van der Waals surface area (Å²) in [7, 11) is 0. The molecule has 3 aliphatic rings. The summed E-state index contributed by atoms with van der Waals surface area (Å²) in [5.41, 5.74) is 1.56. The first-order valence-electron chi connectivity index (χ1n) is 8.75. The molecular weight excluding hydrogens is 336 g/mol. The van der Waals surface area contributed by atoms with Crippen LogP contribution in [0, 0.1) is 23.7 Å². The standard InChI is InChI=1S/C19H20N2O5/c22-17(15-12-3-4-13(9-12)16(15)18(23)24)20-14-5-1-11(2-6-14)10-21-7-8-26-19(21)25/h1-6,12-13,15-16H,7-10H2,(H,20,22)(H,23,24). The number of amides is 2. The zero-order valence-electron chi connectivity index (χ0n) is 14.1. The van der Waals surface area contributed by atoms with Gasteiger partial charge in [-0.15, -0.1) is 0 Å². The third-order valence-electron chi connectivity index (χ3n) is 5.49. The van der Waals surface area contributed by atoms with E-state index in [-0.39, 0.29) is 23.8 Å². The molecule has 1 aliphatic heterocycles. The maximum absolute atomic E-state index is 12.6. The van der Waals surface area contributed by atoms with E-state index in [2.05, 4.69) is 5.32 Å². The predicted molar refractivity (Wildman–Crippen MR) is 92.2 cm³/mol. The third kappa shape index (κ3) is 2.94. The Morgan fingerprint density at radius 1 is 1.15 bits per heavy atom. The van der Waals surface area contributed by atoms with E-state index in [0.717, 1.165) is 12.0 Å². The van der Waals surface area contributed by atoms with Crippen LogP contribution in [-0.4, -0.2) is 41.1 Å². The van der Waals surface area contributed by atoms with Crippen LogP contribution >= 0.6 is 0 Å². The molecule has 7 nitrogen and oxygen atoms in total. The first-order valence-corrected chi connectivity index (χ1v) is 8.75. The van der Waals surface area contributed by atoms with Crippen molar-refractivity contribution in [2.24, 2.45) is 23.7 Å². The van der Waals surface area contributed by atoms with E-state index in [9.17, 15) is 19.5 Å². The normalized spacial score (nSPS) is 29.1. The molecule has 136 valence electrons. The number of rotatable bonds is 5. The van der Waals surface area contributed by atoms with Gasteiger partial charge in [0.25, 0.3) is 0 Å². The average Bonchev–Trinajstić information content (AvgIpc) is 3.33. The van der Waals surface area contributed by atoms with Crippen LogP contribution in [0.3, 0.4) is 0 Å². The van der Waals surface area contributed by atoms with E-state index in [0.29, 0.717) is 25.4 Å². The van der Waals surface area contributed by atoms with Crippen molar-refractivity contribution in [3.63, 3.8) is 0 Å². The van der Waals surface area contributed by atoms with Crippen LogP contribution in [0.4, 0.5) is 10.5 Å². The number of nitrogens with zero attached hydrogens (tertiary/aromatic N) is 1. The molecule has 2 bridgehead atoms. The number of nitrogens with one attached hydrogen (secondary N) is 1. The summed E-state index contributed by atoms with van der Waals surface area (Å²) in [6.45, 7) is 1.45. The zero-order chi connectivity index (χ0) is 18.3. The van der Waals surface area contributed by atoms with Crippen LogP contribution in [0.1, 0.15) is 12.0 Å². The molecule has 2 amide bonds. The van der Waals surface area contributed by atoms with Crippen LogP contribution in [0.2, 0.25) is 0 Å². The van der Waals surface area contributed by atoms with Gasteiger partial charge in [-0.1, -0.05) is 24.3 Å². The number of cyclic esters (lactones) is 1. The highest BCUT2D eigenvalue weighted by atomic mass is 16.6. The number of allylic oxidation sites excluding steroid dienone is 2. The summed E-state index contributed by atoms with van der Waals surface area (Å²) in [5.74, 6) is -2.37. The lowest BCUT2D eigenvalue weighted by Crippen LogP contribution is -2.36. The number of hydrogen-bond donors (Lipinski definition) is 2. The number of benzene rings is 1. The molecule has 4 rings (SSSR count). The molecule has 1 aromatic carbocycles. The fourth-order valence-electron chi connectivity index (χ4n) is 4.23. The molecule has 7 heteroatoms. The number of fused-ring (bicyclic) bond motifs is 2. The Balaban J connectivity index is 1.41. The Hall–Kier alpha value is -2.83. The highest BCUT2D eigenvalue weighted by molar-refractivity contribution is 5.96. The van der Waals surface area contributed by atoms with Crippen molar-refractivity contribution < 1.29 is 24.2 Å². The maximum atomic E-state index is 12.6. The fourth-order valence-corrected chi connectivity index (χ4v) is 4.23. The number of hydrogen-bond acceptors (Lipinski definition) is 4. The molecule has 2 N–H and O–H groups in total. The van der Waals surface area contributed by atoms with Crippen LogP contribution in [-0.2, 0) is 20.9 Å². The fraction of sp³-hybridized carbons (Fsp3) is 0.421. The molecule has 2 fully saturated rings. The average molecular weight is 356 g/mol. The Labute approximate surface area is 150 Å². The van der Waals surface area contributed by atoms with E-state index < -0.39 is 17.8 Å². The van der Waals surface area contributed by atoms with Crippen LogP contribution in [0.15, 0.2) is 36.4 Å². The summed E-state index contributed by atoms with van der Waals surface area (Å²) in [5, 5.41) is 12.3. The van der Waals surface area contributed by atoms with Gasteiger partial charge < -0.3 is 20.1 Å². The molecule has 26 heavy (non-hydrogen) atoms. The topological polar surface area (TPSA) is 95.9 Å². The lowest BCUT2D eigenvalue weighted by Gasteiger charge is -2.24. The number of anilines is 1. The first kappa shape index (κ1) is 16.6. The number of carboxylic acid groups (broad SMARTS) is 1. The largest absolute Gasteiger partial charge is 0.481 e. The monoisotopic (exact) mass is 356 g/mol. The van der Waals surface area contributed by atoms with E-state index in [4.69, 9.17) is 4.74 Å². The molecule has 2 aliphatic carbocycles. The van der Waals surface area contributed by atoms with Crippen molar-refractivity contribution in [3.8, 4) is 0 Å². The van der Waals surface area contributed by atoms with E-state index in [1.165, 1.54) is 0 Å². The summed E-state index contributed by atoms with van der Waals surface area (Å²) in [6.07, 6.45) is 4.31. The summed E-state index contributed by atoms with van der Waals surface area (Å²) >= 11 is 0. The minimum absolute atomic E-state index is 0.00144. The van der Waals surface area contributed by atoms with Gasteiger partial charge in [0, 0.05) is 12.2 Å². The number of carboxylic acids is 1. The molecule has 1 aromatic rings. The maximum Gasteiger partial charge on any atom is 0.410 e. The lowest BCUT2D eigenvalue weighted by atomic mass is 9.82. The second-order valence-corrected chi connectivity index (χ2v) is 7.06. The number of carbonyl (C=O) groups is 3. The smallest absolute Gasteiger partial charge is 0.410 e. The van der Waals surface area contributed by atoms with Gasteiger partial charge in [0.1, 0.15) is 6.61 Å². The van der Waals surface area contributed by atoms with E-state index in [1.54, 1.807) is 17.0 Å². The molecular formula is C19H20N2O5. The summed E-state index contributed by atoms with van der Waals surface area (Å²) < 4.78 is 4.90. The molecule has 0 spiro atoms. The highest BCUT2D eigenvalue weighted by Crippen LogP contribution is 2.48. The van der Waals surface area contributed by atoms with Crippen molar-refractivity contribution >= 4 is 23.7 Å². The van der Waals surface area contributed by atoms with E-state index in [1.807, 2.05) is 24.3 Å². The van der Waals surface area contributed by atoms with Crippen molar-refractivity contribution in [3.05, 3.63) is 42.0 Å². The minimum atomic E-state index is -0.908. The van der Waals surface area contributed by atoms with Crippen LogP contribution in [0.25, 0.3) is 0 Å². The van der Waals surface area contributed by atoms with Gasteiger partial charge >= 0.3 is 12.1 Å². The van der Waals surface area contributed by atoms with Gasteiger partial charge in [0.05, 0.1) is 18.4 Å². The van der Waals surface area contributed by atoms with Crippen LogP contribution < -0.4 is 5.32 Å². The van der Waals surface area contributed by atoms with Crippen molar-refractivity contribution in [2.45, 2.75) is 13.0 Å². The van der Waals surface area contributed by atoms with Crippen LogP contribution in [0.5, 0.6) is 0 Å². The SMILES string of the molecule is O=C(O)C1C2C=CC(C2)C1C(=O)Nc1ccc(CN2CCOC2=O)cc1. The number of ether oxygens (including phenoxy) is 1. The number of aliphatic carboxylic acids is 1.